The molecule has 3 fully saturated rings. The van der Waals surface area contributed by atoms with Gasteiger partial charge in [0.25, 0.3) is 0 Å². The molecule has 2 amide bonds. The number of nitrogens with one attached hydrogen (secondary N) is 1. The standard InChI is InChI=1S/C30H39N5O4S/c1-20-5-3-4-6-25(20)35-19-23-9-10-26(31-24-13-15-33(16-14-24)29(36)22-7-8-22)32-28(23)27(30(35)37)21-11-17-34(18-12-21)40(2,38)39/h3-6,9-10,21-22,24,27H,7-8,11-19H2,1-2H3,(H,31,32). The van der Waals surface area contributed by atoms with E-state index in [1.165, 1.54) is 10.6 Å². The van der Waals surface area contributed by atoms with Crippen molar-refractivity contribution in [2.24, 2.45) is 11.8 Å². The number of pyridine rings is 1. The first kappa shape index (κ1) is 27.2. The Hall–Kier alpha value is -2.98. The van der Waals surface area contributed by atoms with E-state index >= 15 is 0 Å². The van der Waals surface area contributed by atoms with Crippen molar-refractivity contribution in [2.75, 3.05) is 42.7 Å². The van der Waals surface area contributed by atoms with E-state index in [4.69, 9.17) is 4.98 Å². The lowest BCUT2D eigenvalue weighted by Crippen LogP contribution is -2.46. The van der Waals surface area contributed by atoms with Gasteiger partial charge in [-0.15, -0.1) is 0 Å². The maximum atomic E-state index is 14.2. The van der Waals surface area contributed by atoms with Gasteiger partial charge in [0, 0.05) is 43.8 Å². The Morgan fingerprint density at radius 2 is 1.65 bits per heavy atom. The Morgan fingerprint density at radius 3 is 2.30 bits per heavy atom. The quantitative estimate of drug-likeness (QED) is 0.575. The molecule has 2 saturated heterocycles. The smallest absolute Gasteiger partial charge is 0.236 e. The van der Waals surface area contributed by atoms with Crippen LogP contribution in [0, 0.1) is 18.8 Å². The van der Waals surface area contributed by atoms with Gasteiger partial charge in [0.05, 0.1) is 24.4 Å². The fraction of sp³-hybridized carbons (Fsp3) is 0.567. The largest absolute Gasteiger partial charge is 0.367 e. The molecule has 6 rings (SSSR count). The van der Waals surface area contributed by atoms with Gasteiger partial charge >= 0.3 is 0 Å². The van der Waals surface area contributed by atoms with Crippen LogP contribution in [-0.4, -0.2) is 72.9 Å². The molecule has 2 aromatic rings. The number of hydrogen-bond acceptors (Lipinski definition) is 6. The minimum absolute atomic E-state index is 0.00972. The van der Waals surface area contributed by atoms with Gasteiger partial charge in [-0.05, 0) is 74.6 Å². The minimum atomic E-state index is -3.26. The van der Waals surface area contributed by atoms with Crippen LogP contribution in [0.2, 0.25) is 0 Å². The van der Waals surface area contributed by atoms with E-state index in [0.717, 1.165) is 67.1 Å². The summed E-state index contributed by atoms with van der Waals surface area (Å²) in [5, 5.41) is 3.59. The Morgan fingerprint density at radius 1 is 0.950 bits per heavy atom. The van der Waals surface area contributed by atoms with E-state index in [1.54, 1.807) is 0 Å². The number of piperidine rings is 2. The summed E-state index contributed by atoms with van der Waals surface area (Å²) in [5.41, 5.74) is 3.81. The average Bonchev–Trinajstić information content (AvgIpc) is 3.79. The predicted octanol–water partition coefficient (Wildman–Crippen LogP) is 3.50. The van der Waals surface area contributed by atoms with Gasteiger partial charge in [-0.25, -0.2) is 17.7 Å². The maximum absolute atomic E-state index is 14.2. The van der Waals surface area contributed by atoms with Crippen molar-refractivity contribution >= 4 is 33.3 Å². The van der Waals surface area contributed by atoms with Crippen LogP contribution in [0.15, 0.2) is 36.4 Å². The molecule has 1 unspecified atom stereocenters. The minimum Gasteiger partial charge on any atom is -0.367 e. The highest BCUT2D eigenvalue weighted by atomic mass is 32.2. The summed E-state index contributed by atoms with van der Waals surface area (Å²) >= 11 is 0. The fourth-order valence-corrected chi connectivity index (χ4v) is 7.47. The molecule has 1 N–H and O–H groups in total. The second kappa shape index (κ2) is 10.8. The summed E-state index contributed by atoms with van der Waals surface area (Å²) in [5.74, 6) is 0.953. The van der Waals surface area contributed by atoms with Crippen molar-refractivity contribution in [1.29, 1.82) is 0 Å². The normalized spacial score (nSPS) is 23.2. The Bertz CT molecular complexity index is 1390. The lowest BCUT2D eigenvalue weighted by atomic mass is 9.78. The molecule has 0 radical (unpaired) electrons. The number of likely N-dealkylation sites (tertiary alicyclic amines) is 1. The molecule has 4 heterocycles. The molecule has 40 heavy (non-hydrogen) atoms. The third-order valence-corrected chi connectivity index (χ3v) is 10.4. The van der Waals surface area contributed by atoms with E-state index in [9.17, 15) is 18.0 Å². The molecule has 1 atom stereocenters. The number of nitrogens with zero attached hydrogens (tertiary/aromatic N) is 4. The summed E-state index contributed by atoms with van der Waals surface area (Å²) < 4.78 is 25.8. The number of fused-ring (bicyclic) bond motifs is 1. The van der Waals surface area contributed by atoms with E-state index in [0.29, 0.717) is 38.4 Å². The zero-order valence-electron chi connectivity index (χ0n) is 23.4. The van der Waals surface area contributed by atoms with Crippen LogP contribution in [0.3, 0.4) is 0 Å². The van der Waals surface area contributed by atoms with Crippen molar-refractivity contribution in [3.63, 3.8) is 0 Å². The second-order valence-corrected chi connectivity index (χ2v) is 13.9. The number of amides is 2. The van der Waals surface area contributed by atoms with Crippen molar-refractivity contribution in [1.82, 2.24) is 14.2 Å². The number of anilines is 2. The van der Waals surface area contributed by atoms with Crippen LogP contribution in [0.25, 0.3) is 0 Å². The summed E-state index contributed by atoms with van der Waals surface area (Å²) in [6.45, 7) is 4.86. The van der Waals surface area contributed by atoms with Gasteiger partial charge in [-0.2, -0.15) is 0 Å². The van der Waals surface area contributed by atoms with Gasteiger partial charge in [0.1, 0.15) is 5.82 Å². The zero-order chi connectivity index (χ0) is 28.0. The van der Waals surface area contributed by atoms with Crippen molar-refractivity contribution < 1.29 is 18.0 Å². The Balaban J connectivity index is 1.24. The van der Waals surface area contributed by atoms with Gasteiger partial charge in [-0.1, -0.05) is 24.3 Å². The SMILES string of the molecule is Cc1ccccc1N1Cc2ccc(NC3CCN(C(=O)C4CC4)CC3)nc2C(C2CCN(S(C)(=O)=O)CC2)C1=O. The lowest BCUT2D eigenvalue weighted by molar-refractivity contribution is -0.133. The lowest BCUT2D eigenvalue weighted by Gasteiger charge is -2.40. The summed E-state index contributed by atoms with van der Waals surface area (Å²) in [4.78, 5) is 35.6. The van der Waals surface area contributed by atoms with E-state index in [1.807, 2.05) is 47.1 Å². The molecule has 0 spiro atoms. The van der Waals surface area contributed by atoms with Crippen LogP contribution < -0.4 is 10.2 Å². The molecule has 9 nitrogen and oxygen atoms in total. The molecular weight excluding hydrogens is 526 g/mol. The first-order valence-corrected chi connectivity index (χ1v) is 16.4. The van der Waals surface area contributed by atoms with Crippen molar-refractivity contribution in [3.05, 3.63) is 53.2 Å². The first-order chi connectivity index (χ1) is 19.2. The van der Waals surface area contributed by atoms with E-state index in [-0.39, 0.29) is 23.8 Å². The molecule has 10 heteroatoms. The van der Waals surface area contributed by atoms with Gasteiger partial charge in [-0.3, -0.25) is 9.59 Å². The number of benzene rings is 1. The van der Waals surface area contributed by atoms with Crippen molar-refractivity contribution in [3.8, 4) is 0 Å². The third kappa shape index (κ3) is 5.48. The van der Waals surface area contributed by atoms with Crippen LogP contribution in [0.1, 0.15) is 61.3 Å². The van der Waals surface area contributed by atoms with Crippen LogP contribution >= 0.6 is 0 Å². The summed E-state index contributed by atoms with van der Waals surface area (Å²) in [7, 11) is -3.26. The van der Waals surface area contributed by atoms with Crippen LogP contribution in [0.5, 0.6) is 0 Å². The highest BCUT2D eigenvalue weighted by molar-refractivity contribution is 7.88. The Kier molecular flexibility index (Phi) is 7.33. The number of aryl methyl sites for hydroxylation is 1. The molecule has 1 saturated carbocycles. The summed E-state index contributed by atoms with van der Waals surface area (Å²) in [6.07, 6.45) is 6.32. The molecule has 0 bridgehead atoms. The number of aromatic nitrogens is 1. The van der Waals surface area contributed by atoms with E-state index < -0.39 is 15.9 Å². The third-order valence-electron chi connectivity index (χ3n) is 9.10. The highest BCUT2D eigenvalue weighted by Gasteiger charge is 2.42. The van der Waals surface area contributed by atoms with Crippen LogP contribution in [-0.2, 0) is 26.2 Å². The number of rotatable bonds is 6. The monoisotopic (exact) mass is 565 g/mol. The van der Waals surface area contributed by atoms with Gasteiger partial charge in [0.15, 0.2) is 0 Å². The number of carbonyl (C=O) groups is 2. The molecule has 1 aromatic heterocycles. The fourth-order valence-electron chi connectivity index (χ4n) is 6.60. The number of carbonyl (C=O) groups excluding carboxylic acids is 2. The van der Waals surface area contributed by atoms with Crippen molar-refractivity contribution in [2.45, 2.75) is 64.0 Å². The molecule has 214 valence electrons. The highest BCUT2D eigenvalue weighted by Crippen LogP contribution is 2.41. The average molecular weight is 566 g/mol. The van der Waals surface area contributed by atoms with Gasteiger partial charge < -0.3 is 15.1 Å². The zero-order valence-corrected chi connectivity index (χ0v) is 24.2. The summed E-state index contributed by atoms with van der Waals surface area (Å²) in [6, 6.07) is 12.3. The molecule has 1 aromatic carbocycles. The predicted molar refractivity (Wildman–Crippen MR) is 154 cm³/mol. The number of hydrogen-bond donors (Lipinski definition) is 1. The van der Waals surface area contributed by atoms with Gasteiger partial charge in [0.2, 0.25) is 21.8 Å². The first-order valence-electron chi connectivity index (χ1n) is 14.6. The molecule has 3 aliphatic heterocycles. The number of para-hydroxylation sites is 1. The Labute approximate surface area is 237 Å². The molecule has 4 aliphatic rings. The van der Waals surface area contributed by atoms with E-state index in [2.05, 4.69) is 11.4 Å². The van der Waals surface area contributed by atoms with Crippen LogP contribution in [0.4, 0.5) is 11.5 Å². The number of sulfonamides is 1. The topological polar surface area (TPSA) is 103 Å². The molecule has 1 aliphatic carbocycles. The molecular formula is C30H39N5O4S. The maximum Gasteiger partial charge on any atom is 0.236 e. The second-order valence-electron chi connectivity index (χ2n) is 11.9.